The molecule has 0 aromatic heterocycles. The first-order valence-electron chi connectivity index (χ1n) is 8.37. The van der Waals surface area contributed by atoms with Crippen molar-refractivity contribution in [3.8, 4) is 5.75 Å². The summed E-state index contributed by atoms with van der Waals surface area (Å²) in [7, 11) is 1.60. The van der Waals surface area contributed by atoms with Crippen molar-refractivity contribution in [2.45, 2.75) is 32.1 Å². The first-order chi connectivity index (χ1) is 12.4. The first-order valence-corrected chi connectivity index (χ1v) is 8.37. The second-order valence-corrected chi connectivity index (χ2v) is 6.01. The standard InChI is InChI=1S/C20H22FNO4/c1-3-13(14-5-8-17(26-2)9-6-14)10-19(23)22-16-7-4-15(11-20(24)25)18(21)12-16/h4-9,12-13H,3,10-11H2,1-2H3,(H,22,23)(H,24,25). The highest BCUT2D eigenvalue weighted by Gasteiger charge is 2.15. The highest BCUT2D eigenvalue weighted by Crippen LogP contribution is 2.26. The average Bonchev–Trinajstić information content (AvgIpc) is 2.62. The number of nitrogens with one attached hydrogen (secondary N) is 1. The second kappa shape index (κ2) is 8.99. The molecular formula is C20H22FNO4. The van der Waals surface area contributed by atoms with Gasteiger partial charge >= 0.3 is 5.97 Å². The van der Waals surface area contributed by atoms with E-state index in [-0.39, 0.29) is 23.8 Å². The van der Waals surface area contributed by atoms with Gasteiger partial charge in [-0.05, 0) is 47.7 Å². The molecule has 0 radical (unpaired) electrons. The number of hydrogen-bond acceptors (Lipinski definition) is 3. The third-order valence-electron chi connectivity index (χ3n) is 4.19. The highest BCUT2D eigenvalue weighted by atomic mass is 19.1. The predicted molar refractivity (Wildman–Crippen MR) is 97.0 cm³/mol. The molecule has 0 aliphatic carbocycles. The Bertz CT molecular complexity index is 774. The molecule has 0 saturated carbocycles. The molecule has 2 aromatic carbocycles. The number of amides is 1. The second-order valence-electron chi connectivity index (χ2n) is 6.01. The van der Waals surface area contributed by atoms with E-state index in [4.69, 9.17) is 9.84 Å². The molecule has 0 saturated heterocycles. The van der Waals surface area contributed by atoms with Crippen LogP contribution in [0, 0.1) is 5.82 Å². The van der Waals surface area contributed by atoms with Gasteiger partial charge < -0.3 is 15.2 Å². The normalized spacial score (nSPS) is 11.7. The number of halogens is 1. The molecule has 26 heavy (non-hydrogen) atoms. The van der Waals surface area contributed by atoms with Crippen molar-refractivity contribution in [2.75, 3.05) is 12.4 Å². The Morgan fingerprint density at radius 2 is 1.88 bits per heavy atom. The van der Waals surface area contributed by atoms with Crippen molar-refractivity contribution < 1.29 is 23.8 Å². The molecule has 1 atom stereocenters. The molecule has 1 unspecified atom stereocenters. The van der Waals surface area contributed by atoms with Crippen molar-refractivity contribution in [3.05, 3.63) is 59.4 Å². The Kier molecular flexibility index (Phi) is 6.72. The largest absolute Gasteiger partial charge is 0.497 e. The van der Waals surface area contributed by atoms with Gasteiger partial charge in [0.25, 0.3) is 0 Å². The van der Waals surface area contributed by atoms with Crippen LogP contribution in [0.3, 0.4) is 0 Å². The summed E-state index contributed by atoms with van der Waals surface area (Å²) in [5.74, 6) is -1.18. The Labute approximate surface area is 151 Å². The molecule has 5 nitrogen and oxygen atoms in total. The number of carboxylic acid groups (broad SMARTS) is 1. The summed E-state index contributed by atoms with van der Waals surface area (Å²) in [6.45, 7) is 2.00. The van der Waals surface area contributed by atoms with Gasteiger partial charge in [0.2, 0.25) is 5.91 Å². The molecule has 0 aliphatic rings. The minimum absolute atomic E-state index is 0.0389. The van der Waals surface area contributed by atoms with Gasteiger partial charge in [0, 0.05) is 12.1 Å². The van der Waals surface area contributed by atoms with Gasteiger partial charge in [0.15, 0.2) is 0 Å². The zero-order valence-electron chi connectivity index (χ0n) is 14.8. The minimum atomic E-state index is -1.11. The van der Waals surface area contributed by atoms with E-state index < -0.39 is 18.2 Å². The Morgan fingerprint density at radius 1 is 1.19 bits per heavy atom. The minimum Gasteiger partial charge on any atom is -0.497 e. The number of rotatable bonds is 8. The van der Waals surface area contributed by atoms with E-state index in [0.29, 0.717) is 5.69 Å². The van der Waals surface area contributed by atoms with Gasteiger partial charge in [-0.25, -0.2) is 4.39 Å². The molecule has 0 fully saturated rings. The average molecular weight is 359 g/mol. The van der Waals surface area contributed by atoms with E-state index in [1.807, 2.05) is 31.2 Å². The SMILES string of the molecule is CCC(CC(=O)Nc1ccc(CC(=O)O)c(F)c1)c1ccc(OC)cc1. The number of carbonyl (C=O) groups excluding carboxylic acids is 1. The molecular weight excluding hydrogens is 337 g/mol. The number of hydrogen-bond donors (Lipinski definition) is 2. The maximum Gasteiger partial charge on any atom is 0.307 e. The predicted octanol–water partition coefficient (Wildman–Crippen LogP) is 3.98. The van der Waals surface area contributed by atoms with Crippen LogP contribution in [-0.2, 0) is 16.0 Å². The van der Waals surface area contributed by atoms with E-state index in [2.05, 4.69) is 5.32 Å². The molecule has 1 amide bonds. The maximum absolute atomic E-state index is 13.9. The number of carboxylic acids is 1. The summed E-state index contributed by atoms with van der Waals surface area (Å²) in [6, 6.07) is 11.6. The third kappa shape index (κ3) is 5.31. The van der Waals surface area contributed by atoms with Crippen molar-refractivity contribution >= 4 is 17.6 Å². The quantitative estimate of drug-likeness (QED) is 0.747. The van der Waals surface area contributed by atoms with Crippen LogP contribution in [0.25, 0.3) is 0 Å². The zero-order chi connectivity index (χ0) is 19.1. The molecule has 2 N–H and O–H groups in total. The Morgan fingerprint density at radius 3 is 2.42 bits per heavy atom. The van der Waals surface area contributed by atoms with E-state index in [1.54, 1.807) is 7.11 Å². The van der Waals surface area contributed by atoms with E-state index in [1.165, 1.54) is 12.1 Å². The van der Waals surface area contributed by atoms with Gasteiger partial charge in [-0.2, -0.15) is 0 Å². The van der Waals surface area contributed by atoms with Gasteiger partial charge in [-0.15, -0.1) is 0 Å². The number of ether oxygens (including phenoxy) is 1. The molecule has 138 valence electrons. The summed E-state index contributed by atoms with van der Waals surface area (Å²) in [5, 5.41) is 11.4. The summed E-state index contributed by atoms with van der Waals surface area (Å²) >= 11 is 0. The van der Waals surface area contributed by atoms with Crippen molar-refractivity contribution in [1.29, 1.82) is 0 Å². The van der Waals surface area contributed by atoms with Gasteiger partial charge in [0.05, 0.1) is 13.5 Å². The van der Waals surface area contributed by atoms with Crippen LogP contribution in [0.5, 0.6) is 5.75 Å². The molecule has 0 aliphatic heterocycles. The monoisotopic (exact) mass is 359 g/mol. The summed E-state index contributed by atoms with van der Waals surface area (Å²) in [6.07, 6.45) is 0.655. The smallest absolute Gasteiger partial charge is 0.307 e. The number of methoxy groups -OCH3 is 1. The van der Waals surface area contributed by atoms with Gasteiger partial charge in [-0.3, -0.25) is 9.59 Å². The van der Waals surface area contributed by atoms with E-state index in [9.17, 15) is 14.0 Å². The number of anilines is 1. The lowest BCUT2D eigenvalue weighted by Crippen LogP contribution is -2.16. The third-order valence-corrected chi connectivity index (χ3v) is 4.19. The van der Waals surface area contributed by atoms with Crippen molar-refractivity contribution in [3.63, 3.8) is 0 Å². The number of benzene rings is 2. The number of aliphatic carboxylic acids is 1. The lowest BCUT2D eigenvalue weighted by Gasteiger charge is -2.16. The van der Waals surface area contributed by atoms with E-state index in [0.717, 1.165) is 23.8 Å². The maximum atomic E-state index is 13.9. The van der Waals surface area contributed by atoms with Crippen molar-refractivity contribution in [1.82, 2.24) is 0 Å². The Balaban J connectivity index is 2.01. The van der Waals surface area contributed by atoms with E-state index >= 15 is 0 Å². The fourth-order valence-electron chi connectivity index (χ4n) is 2.74. The van der Waals surface area contributed by atoms with Crippen LogP contribution in [0.4, 0.5) is 10.1 Å². The van der Waals surface area contributed by atoms with Crippen LogP contribution in [-0.4, -0.2) is 24.1 Å². The first kappa shape index (κ1) is 19.4. The molecule has 0 heterocycles. The lowest BCUT2D eigenvalue weighted by atomic mass is 9.93. The molecule has 2 aromatic rings. The van der Waals surface area contributed by atoms with Crippen LogP contribution < -0.4 is 10.1 Å². The van der Waals surface area contributed by atoms with Crippen molar-refractivity contribution in [2.24, 2.45) is 0 Å². The fourth-order valence-corrected chi connectivity index (χ4v) is 2.74. The summed E-state index contributed by atoms with van der Waals surface area (Å²) in [5.41, 5.74) is 1.43. The van der Waals surface area contributed by atoms with Crippen LogP contribution >= 0.6 is 0 Å². The topological polar surface area (TPSA) is 75.6 Å². The van der Waals surface area contributed by atoms with Gasteiger partial charge in [0.1, 0.15) is 11.6 Å². The van der Waals surface area contributed by atoms with Crippen LogP contribution in [0.2, 0.25) is 0 Å². The van der Waals surface area contributed by atoms with Gasteiger partial charge in [-0.1, -0.05) is 25.1 Å². The Hall–Kier alpha value is -2.89. The number of carbonyl (C=O) groups is 2. The molecule has 0 bridgehead atoms. The van der Waals surface area contributed by atoms with Crippen LogP contribution in [0.15, 0.2) is 42.5 Å². The summed E-state index contributed by atoms with van der Waals surface area (Å²) in [4.78, 5) is 23.0. The highest BCUT2D eigenvalue weighted by molar-refractivity contribution is 5.91. The summed E-state index contributed by atoms with van der Waals surface area (Å²) < 4.78 is 19.0. The fraction of sp³-hybridized carbons (Fsp3) is 0.300. The zero-order valence-corrected chi connectivity index (χ0v) is 14.8. The van der Waals surface area contributed by atoms with Crippen LogP contribution in [0.1, 0.15) is 36.8 Å². The molecule has 2 rings (SSSR count). The molecule has 6 heteroatoms. The molecule has 0 spiro atoms. The lowest BCUT2D eigenvalue weighted by molar-refractivity contribution is -0.136.